The van der Waals surface area contributed by atoms with Crippen LogP contribution in [0, 0.1) is 6.92 Å². The average Bonchev–Trinajstić information content (AvgIpc) is 3.46. The van der Waals surface area contributed by atoms with E-state index in [0.717, 1.165) is 5.56 Å². The molecule has 2 N–H and O–H groups in total. The van der Waals surface area contributed by atoms with E-state index in [1.807, 2.05) is 13.0 Å². The zero-order valence-corrected chi connectivity index (χ0v) is 21.2. The summed E-state index contributed by atoms with van der Waals surface area (Å²) < 4.78 is 40.2. The average molecular weight is 525 g/mol. The van der Waals surface area contributed by atoms with Crippen LogP contribution < -0.4 is 10.6 Å². The van der Waals surface area contributed by atoms with E-state index >= 15 is 0 Å². The lowest BCUT2D eigenvalue weighted by Gasteiger charge is -2.43. The summed E-state index contributed by atoms with van der Waals surface area (Å²) in [6, 6.07) is 10.5. The Kier molecular flexibility index (Phi) is 5.92. The zero-order valence-electron chi connectivity index (χ0n) is 21.2. The van der Waals surface area contributed by atoms with Gasteiger partial charge >= 0.3 is 6.09 Å². The molecule has 10 nitrogen and oxygen atoms in total. The monoisotopic (exact) mass is 524 g/mol. The minimum atomic E-state index is -3.03. The van der Waals surface area contributed by atoms with Crippen molar-refractivity contribution in [2.75, 3.05) is 5.32 Å². The van der Waals surface area contributed by atoms with Gasteiger partial charge in [0, 0.05) is 23.0 Å². The molecule has 3 aromatic heterocycles. The third-order valence-corrected chi connectivity index (χ3v) is 6.06. The number of aryl methyl sites for hydroxylation is 1. The maximum Gasteiger partial charge on any atom is 0.408 e. The number of pyridine rings is 1. The molecule has 1 fully saturated rings. The lowest BCUT2D eigenvalue weighted by Crippen LogP contribution is -2.55. The summed E-state index contributed by atoms with van der Waals surface area (Å²) in [7, 11) is 0. The smallest absolute Gasteiger partial charge is 0.408 e. The molecule has 3 heterocycles. The second-order valence-electron chi connectivity index (χ2n) is 10.4. The summed E-state index contributed by atoms with van der Waals surface area (Å²) in [5, 5.41) is 9.40. The number of anilines is 1. The molecule has 0 aliphatic heterocycles. The number of alkyl carbamates (subject to hydrolysis) is 1. The number of carbonyl (C=O) groups excluding carboxylic acids is 2. The van der Waals surface area contributed by atoms with E-state index in [9.17, 15) is 18.4 Å². The minimum Gasteiger partial charge on any atom is -0.432 e. The van der Waals surface area contributed by atoms with Crippen molar-refractivity contribution in [3.05, 3.63) is 65.9 Å². The summed E-state index contributed by atoms with van der Waals surface area (Å²) in [5.74, 6) is -3.53. The van der Waals surface area contributed by atoms with Crippen LogP contribution in [0.5, 0.6) is 0 Å². The Labute approximate surface area is 216 Å². The minimum absolute atomic E-state index is 0.0970. The van der Waals surface area contributed by atoms with E-state index in [-0.39, 0.29) is 17.6 Å². The number of rotatable bonds is 5. The summed E-state index contributed by atoms with van der Waals surface area (Å²) in [4.78, 5) is 33.9. The van der Waals surface area contributed by atoms with Gasteiger partial charge in [-0.15, -0.1) is 0 Å². The highest BCUT2D eigenvalue weighted by Crippen LogP contribution is 2.54. The number of fused-ring (bicyclic) bond motifs is 1. The number of ether oxygens (including phenoxy) is 1. The lowest BCUT2D eigenvalue weighted by atomic mass is 9.76. The van der Waals surface area contributed by atoms with Crippen molar-refractivity contribution in [3.8, 4) is 11.4 Å². The molecule has 0 spiro atoms. The summed E-state index contributed by atoms with van der Waals surface area (Å²) in [5.41, 5.74) is 0.361. The fraction of sp³-hybridized carbons (Fsp3) is 0.346. The Bertz CT molecular complexity index is 1530. The summed E-state index contributed by atoms with van der Waals surface area (Å²) in [6.45, 7) is 7.04. The van der Waals surface area contributed by atoms with Gasteiger partial charge in [0.15, 0.2) is 0 Å². The first-order valence-corrected chi connectivity index (χ1v) is 11.9. The van der Waals surface area contributed by atoms with E-state index in [2.05, 4.69) is 25.8 Å². The van der Waals surface area contributed by atoms with E-state index in [0.29, 0.717) is 22.6 Å². The van der Waals surface area contributed by atoms with Crippen LogP contribution in [0.15, 0.2) is 53.3 Å². The number of hydrogen-bond donors (Lipinski definition) is 2. The molecule has 5 rings (SSSR count). The van der Waals surface area contributed by atoms with Crippen LogP contribution in [0.1, 0.15) is 55.6 Å². The Morgan fingerprint density at radius 3 is 2.63 bits per heavy atom. The molecular weight excluding hydrogens is 498 g/mol. The van der Waals surface area contributed by atoms with Crippen LogP contribution in [0.25, 0.3) is 17.0 Å². The van der Waals surface area contributed by atoms with Crippen molar-refractivity contribution >= 4 is 23.3 Å². The van der Waals surface area contributed by atoms with Gasteiger partial charge in [0.2, 0.25) is 11.4 Å². The Hall–Kier alpha value is -4.35. The summed E-state index contributed by atoms with van der Waals surface area (Å²) in [6.07, 6.45) is 0.825. The van der Waals surface area contributed by atoms with Crippen molar-refractivity contribution in [3.63, 3.8) is 0 Å². The van der Waals surface area contributed by atoms with Gasteiger partial charge < -0.3 is 19.9 Å². The number of nitrogens with one attached hydrogen (secondary N) is 2. The van der Waals surface area contributed by atoms with Crippen molar-refractivity contribution in [1.82, 2.24) is 24.8 Å². The van der Waals surface area contributed by atoms with Gasteiger partial charge in [0.1, 0.15) is 11.3 Å². The van der Waals surface area contributed by atoms with Crippen LogP contribution in [0.4, 0.5) is 19.3 Å². The quantitative estimate of drug-likeness (QED) is 0.373. The van der Waals surface area contributed by atoms with E-state index in [4.69, 9.17) is 9.26 Å². The number of amides is 2. The van der Waals surface area contributed by atoms with Gasteiger partial charge in [-0.3, -0.25) is 9.20 Å². The topological polar surface area (TPSA) is 124 Å². The Morgan fingerprint density at radius 2 is 1.92 bits per heavy atom. The summed E-state index contributed by atoms with van der Waals surface area (Å²) >= 11 is 0. The van der Waals surface area contributed by atoms with Gasteiger partial charge in [-0.05, 0) is 51.5 Å². The number of alkyl halides is 2. The fourth-order valence-corrected chi connectivity index (χ4v) is 4.27. The molecule has 0 saturated heterocycles. The van der Waals surface area contributed by atoms with Crippen LogP contribution in [0.3, 0.4) is 0 Å². The van der Waals surface area contributed by atoms with Crippen LogP contribution in [0.2, 0.25) is 0 Å². The van der Waals surface area contributed by atoms with Crippen molar-refractivity contribution < 1.29 is 27.6 Å². The molecule has 1 aliphatic carbocycles. The number of imidazole rings is 1. The second-order valence-corrected chi connectivity index (χ2v) is 10.4. The first kappa shape index (κ1) is 25.3. The Morgan fingerprint density at radius 1 is 1.16 bits per heavy atom. The first-order valence-electron chi connectivity index (χ1n) is 11.9. The van der Waals surface area contributed by atoms with Gasteiger partial charge in [-0.1, -0.05) is 23.4 Å². The Balaban J connectivity index is 1.39. The number of nitrogens with zero attached hydrogens (tertiary/aromatic N) is 4. The SMILES string of the molecule is Cc1ccc(-c2noc(C3(OC(=O)NC(C)(C)C)CC(F)(F)C3)n2)cc1NC(=O)c1cnc2ccccn12. The molecule has 0 bridgehead atoms. The molecule has 0 unspecified atom stereocenters. The third-order valence-electron chi connectivity index (χ3n) is 6.06. The highest BCUT2D eigenvalue weighted by molar-refractivity contribution is 6.04. The van der Waals surface area contributed by atoms with Crippen LogP contribution in [-0.4, -0.2) is 43.0 Å². The van der Waals surface area contributed by atoms with Gasteiger partial charge in [-0.25, -0.2) is 18.6 Å². The second kappa shape index (κ2) is 8.89. The third kappa shape index (κ3) is 4.93. The molecule has 1 aromatic carbocycles. The number of aromatic nitrogens is 4. The number of hydrogen-bond acceptors (Lipinski definition) is 7. The van der Waals surface area contributed by atoms with E-state index < -0.39 is 36.0 Å². The van der Waals surface area contributed by atoms with Crippen molar-refractivity contribution in [2.45, 2.75) is 57.6 Å². The highest BCUT2D eigenvalue weighted by Gasteiger charge is 2.64. The highest BCUT2D eigenvalue weighted by atomic mass is 19.3. The normalized spacial score (nSPS) is 16.1. The van der Waals surface area contributed by atoms with Gasteiger partial charge in [-0.2, -0.15) is 4.98 Å². The first-order chi connectivity index (χ1) is 17.8. The molecule has 0 atom stereocenters. The van der Waals surface area contributed by atoms with Gasteiger partial charge in [0.25, 0.3) is 17.7 Å². The largest absolute Gasteiger partial charge is 0.432 e. The zero-order chi connectivity index (χ0) is 27.3. The number of carbonyl (C=O) groups is 2. The molecule has 4 aromatic rings. The molecule has 1 aliphatic rings. The predicted octanol–water partition coefficient (Wildman–Crippen LogP) is 5.09. The van der Waals surface area contributed by atoms with Crippen molar-refractivity contribution in [2.24, 2.45) is 0 Å². The van der Waals surface area contributed by atoms with E-state index in [1.54, 1.807) is 61.7 Å². The van der Waals surface area contributed by atoms with Crippen LogP contribution in [-0.2, 0) is 10.3 Å². The maximum absolute atomic E-state index is 13.9. The van der Waals surface area contributed by atoms with Crippen molar-refractivity contribution in [1.29, 1.82) is 0 Å². The molecule has 38 heavy (non-hydrogen) atoms. The van der Waals surface area contributed by atoms with Gasteiger partial charge in [0.05, 0.1) is 19.0 Å². The molecule has 12 heteroatoms. The predicted molar refractivity (Wildman–Crippen MR) is 133 cm³/mol. The number of benzene rings is 1. The molecule has 0 radical (unpaired) electrons. The molecule has 2 amide bonds. The lowest BCUT2D eigenvalue weighted by molar-refractivity contribution is -0.220. The fourth-order valence-electron chi connectivity index (χ4n) is 4.27. The maximum atomic E-state index is 13.9. The standard InChI is InChI=1S/C26H26F2N6O4/c1-15-8-9-16(11-17(15)30-21(35)18-12-29-19-7-5-6-10-34(18)19)20-31-22(38-33-20)25(13-26(27,28)14-25)37-23(36)32-24(2,3)4/h5-12H,13-14H2,1-4H3,(H,30,35)(H,32,36). The molecule has 1 saturated carbocycles. The number of halogens is 2. The van der Waals surface area contributed by atoms with Crippen LogP contribution >= 0.6 is 0 Å². The van der Waals surface area contributed by atoms with E-state index in [1.165, 1.54) is 6.20 Å². The molecule has 198 valence electrons. The molecular formula is C26H26F2N6O4.